The van der Waals surface area contributed by atoms with Crippen molar-refractivity contribution in [1.29, 1.82) is 0 Å². The molecule has 6 heteroatoms. The van der Waals surface area contributed by atoms with Crippen LogP contribution in [0.3, 0.4) is 0 Å². The number of nitrogens with one attached hydrogen (secondary N) is 1. The lowest BCUT2D eigenvalue weighted by Gasteiger charge is -2.15. The van der Waals surface area contributed by atoms with Crippen molar-refractivity contribution in [2.24, 2.45) is 0 Å². The molecule has 1 amide bonds. The summed E-state index contributed by atoms with van der Waals surface area (Å²) in [6, 6.07) is 13.6. The van der Waals surface area contributed by atoms with E-state index in [4.69, 9.17) is 21.1 Å². The summed E-state index contributed by atoms with van der Waals surface area (Å²) in [6.45, 7) is 3.82. The zero-order chi connectivity index (χ0) is 18.2. The lowest BCUT2D eigenvalue weighted by atomic mass is 10.1. The molecule has 0 bridgehead atoms. The molecular formula is C19H20ClNO4. The van der Waals surface area contributed by atoms with Gasteiger partial charge in [-0.1, -0.05) is 23.7 Å². The Kier molecular flexibility index (Phi) is 6.83. The van der Waals surface area contributed by atoms with Crippen molar-refractivity contribution in [3.05, 3.63) is 64.7 Å². The van der Waals surface area contributed by atoms with Crippen LogP contribution in [0.15, 0.2) is 48.5 Å². The average molecular weight is 362 g/mol. The number of amides is 1. The Morgan fingerprint density at radius 3 is 2.52 bits per heavy atom. The third-order valence-electron chi connectivity index (χ3n) is 3.46. The summed E-state index contributed by atoms with van der Waals surface area (Å²) in [6.07, 6.45) is 0. The first-order valence-electron chi connectivity index (χ1n) is 7.94. The highest BCUT2D eigenvalue weighted by Gasteiger charge is 2.11. The van der Waals surface area contributed by atoms with Crippen LogP contribution in [0.4, 0.5) is 0 Å². The molecule has 2 aromatic rings. The monoisotopic (exact) mass is 361 g/mol. The maximum Gasteiger partial charge on any atom is 0.338 e. The molecule has 0 heterocycles. The number of hydrogen-bond acceptors (Lipinski definition) is 4. The van der Waals surface area contributed by atoms with E-state index >= 15 is 0 Å². The number of ether oxygens (including phenoxy) is 2. The van der Waals surface area contributed by atoms with Crippen molar-refractivity contribution in [3.8, 4) is 5.75 Å². The van der Waals surface area contributed by atoms with Crippen LogP contribution in [0.2, 0.25) is 5.02 Å². The smallest absolute Gasteiger partial charge is 0.338 e. The Hall–Kier alpha value is -2.53. The SMILES string of the molecule is CCOC(=O)c1ccc(OCC(=O)N[C@@H](C)c2cccc(Cl)c2)cc1. The van der Waals surface area contributed by atoms with Crippen LogP contribution < -0.4 is 10.1 Å². The molecule has 0 aromatic heterocycles. The minimum Gasteiger partial charge on any atom is -0.484 e. The largest absolute Gasteiger partial charge is 0.484 e. The van der Waals surface area contributed by atoms with Gasteiger partial charge in [-0.15, -0.1) is 0 Å². The highest BCUT2D eigenvalue weighted by atomic mass is 35.5. The highest BCUT2D eigenvalue weighted by molar-refractivity contribution is 6.30. The molecule has 0 radical (unpaired) electrons. The zero-order valence-corrected chi connectivity index (χ0v) is 14.9. The van der Waals surface area contributed by atoms with E-state index in [1.807, 2.05) is 25.1 Å². The van der Waals surface area contributed by atoms with E-state index < -0.39 is 0 Å². The van der Waals surface area contributed by atoms with Gasteiger partial charge in [-0.05, 0) is 55.8 Å². The van der Waals surface area contributed by atoms with Crippen LogP contribution >= 0.6 is 11.6 Å². The molecular weight excluding hydrogens is 342 g/mol. The van der Waals surface area contributed by atoms with Gasteiger partial charge in [-0.2, -0.15) is 0 Å². The van der Waals surface area contributed by atoms with Gasteiger partial charge in [0.2, 0.25) is 0 Å². The summed E-state index contributed by atoms with van der Waals surface area (Å²) in [4.78, 5) is 23.6. The Bertz CT molecular complexity index is 730. The highest BCUT2D eigenvalue weighted by Crippen LogP contribution is 2.17. The average Bonchev–Trinajstić information content (AvgIpc) is 2.60. The van der Waals surface area contributed by atoms with Gasteiger partial charge >= 0.3 is 5.97 Å². The Balaban J connectivity index is 1.84. The van der Waals surface area contributed by atoms with Gasteiger partial charge in [0.05, 0.1) is 18.2 Å². The molecule has 5 nitrogen and oxygen atoms in total. The van der Waals surface area contributed by atoms with Gasteiger partial charge in [0, 0.05) is 5.02 Å². The van der Waals surface area contributed by atoms with Gasteiger partial charge in [0.1, 0.15) is 5.75 Å². The van der Waals surface area contributed by atoms with Crippen LogP contribution in [0.5, 0.6) is 5.75 Å². The molecule has 2 rings (SSSR count). The number of hydrogen-bond donors (Lipinski definition) is 1. The number of esters is 1. The first kappa shape index (κ1) is 18.8. The van der Waals surface area contributed by atoms with E-state index in [0.29, 0.717) is 22.9 Å². The summed E-state index contributed by atoms with van der Waals surface area (Å²) in [5.74, 6) is -0.136. The fourth-order valence-electron chi connectivity index (χ4n) is 2.19. The maximum absolute atomic E-state index is 12.0. The molecule has 0 saturated heterocycles. The fourth-order valence-corrected chi connectivity index (χ4v) is 2.39. The molecule has 0 unspecified atom stereocenters. The second-order valence-corrected chi connectivity index (χ2v) is 5.81. The van der Waals surface area contributed by atoms with Gasteiger partial charge in [0.15, 0.2) is 6.61 Å². The topological polar surface area (TPSA) is 64.6 Å². The molecule has 0 fully saturated rings. The van der Waals surface area contributed by atoms with Crippen molar-refractivity contribution < 1.29 is 19.1 Å². The van der Waals surface area contributed by atoms with E-state index in [1.54, 1.807) is 37.3 Å². The summed E-state index contributed by atoms with van der Waals surface area (Å²) >= 11 is 5.95. The summed E-state index contributed by atoms with van der Waals surface area (Å²) < 4.78 is 10.3. The molecule has 0 spiro atoms. The van der Waals surface area contributed by atoms with Crippen LogP contribution in [-0.2, 0) is 9.53 Å². The quantitative estimate of drug-likeness (QED) is 0.762. The maximum atomic E-state index is 12.0. The normalized spacial score (nSPS) is 11.5. The van der Waals surface area contributed by atoms with Crippen molar-refractivity contribution >= 4 is 23.5 Å². The number of carbonyl (C=O) groups is 2. The second-order valence-electron chi connectivity index (χ2n) is 5.38. The van der Waals surface area contributed by atoms with E-state index in [-0.39, 0.29) is 24.5 Å². The fraction of sp³-hybridized carbons (Fsp3) is 0.263. The molecule has 132 valence electrons. The minimum atomic E-state index is -0.387. The molecule has 25 heavy (non-hydrogen) atoms. The first-order chi connectivity index (χ1) is 12.0. The van der Waals surface area contributed by atoms with Crippen molar-refractivity contribution in [2.75, 3.05) is 13.2 Å². The second kappa shape index (κ2) is 9.08. The summed E-state index contributed by atoms with van der Waals surface area (Å²) in [5, 5.41) is 3.47. The molecule has 2 aromatic carbocycles. The molecule has 0 aliphatic carbocycles. The van der Waals surface area contributed by atoms with Crippen LogP contribution in [0, 0.1) is 0 Å². The zero-order valence-electron chi connectivity index (χ0n) is 14.1. The third-order valence-corrected chi connectivity index (χ3v) is 3.70. The standard InChI is InChI=1S/C19H20ClNO4/c1-3-24-19(23)14-7-9-17(10-8-14)25-12-18(22)21-13(2)15-5-4-6-16(20)11-15/h4-11,13H,3,12H2,1-2H3,(H,21,22)/t13-/m0/s1. The third kappa shape index (κ3) is 5.80. The van der Waals surface area contributed by atoms with E-state index in [9.17, 15) is 9.59 Å². The van der Waals surface area contributed by atoms with Gasteiger partial charge < -0.3 is 14.8 Å². The van der Waals surface area contributed by atoms with Crippen molar-refractivity contribution in [1.82, 2.24) is 5.32 Å². The van der Waals surface area contributed by atoms with Crippen molar-refractivity contribution in [3.63, 3.8) is 0 Å². The predicted octanol–water partition coefficient (Wildman–Crippen LogP) is 3.77. The summed E-state index contributed by atoms with van der Waals surface area (Å²) in [5.41, 5.74) is 1.35. The van der Waals surface area contributed by atoms with Crippen molar-refractivity contribution in [2.45, 2.75) is 19.9 Å². The molecule has 0 saturated carbocycles. The molecule has 1 N–H and O–H groups in total. The van der Waals surface area contributed by atoms with Crippen LogP contribution in [0.25, 0.3) is 0 Å². The van der Waals surface area contributed by atoms with Gasteiger partial charge in [-0.3, -0.25) is 4.79 Å². The number of halogens is 1. The van der Waals surface area contributed by atoms with E-state index in [2.05, 4.69) is 5.32 Å². The van der Waals surface area contributed by atoms with Gasteiger partial charge in [0.25, 0.3) is 5.91 Å². The number of rotatable bonds is 7. The van der Waals surface area contributed by atoms with E-state index in [1.165, 1.54) is 0 Å². The van der Waals surface area contributed by atoms with Crippen LogP contribution in [0.1, 0.15) is 35.8 Å². The Labute approximate surface area is 151 Å². The van der Waals surface area contributed by atoms with Crippen LogP contribution in [-0.4, -0.2) is 25.1 Å². The summed E-state index contributed by atoms with van der Waals surface area (Å²) in [7, 11) is 0. The number of benzene rings is 2. The lowest BCUT2D eigenvalue weighted by molar-refractivity contribution is -0.123. The predicted molar refractivity (Wildman–Crippen MR) is 95.9 cm³/mol. The minimum absolute atomic E-state index is 0.121. The molecule has 1 atom stereocenters. The van der Waals surface area contributed by atoms with E-state index in [0.717, 1.165) is 5.56 Å². The lowest BCUT2D eigenvalue weighted by Crippen LogP contribution is -2.31. The molecule has 0 aliphatic heterocycles. The Morgan fingerprint density at radius 2 is 1.88 bits per heavy atom. The van der Waals surface area contributed by atoms with Gasteiger partial charge in [-0.25, -0.2) is 4.79 Å². The first-order valence-corrected chi connectivity index (χ1v) is 8.32. The molecule has 0 aliphatic rings. The Morgan fingerprint density at radius 1 is 1.16 bits per heavy atom. The number of carbonyl (C=O) groups excluding carboxylic acids is 2.